The summed E-state index contributed by atoms with van der Waals surface area (Å²) in [4.78, 5) is 4.88. The minimum absolute atomic E-state index is 0.147. The van der Waals surface area contributed by atoms with E-state index in [1.165, 1.54) is 54.9 Å². The van der Waals surface area contributed by atoms with Crippen molar-refractivity contribution in [2.45, 2.75) is 19.3 Å². The van der Waals surface area contributed by atoms with Crippen LogP contribution in [-0.4, -0.2) is 4.57 Å². The van der Waals surface area contributed by atoms with Gasteiger partial charge in [-0.25, -0.2) is 0 Å². The van der Waals surface area contributed by atoms with E-state index in [0.29, 0.717) is 0 Å². The topological polar surface area (TPSA) is 11.4 Å². The van der Waals surface area contributed by atoms with Crippen LogP contribution in [0.4, 0.5) is 34.1 Å². The number of benzene rings is 10. The van der Waals surface area contributed by atoms with E-state index in [-0.39, 0.29) is 5.41 Å². The molecule has 0 saturated carbocycles. The predicted molar refractivity (Wildman–Crippen MR) is 271 cm³/mol. The van der Waals surface area contributed by atoms with Gasteiger partial charge in [0.15, 0.2) is 0 Å². The quantitative estimate of drug-likeness (QED) is 0.151. The lowest BCUT2D eigenvalue weighted by molar-refractivity contribution is 0.661. The van der Waals surface area contributed by atoms with E-state index in [2.05, 4.69) is 265 Å². The van der Waals surface area contributed by atoms with E-state index in [0.717, 1.165) is 50.8 Å². The molecule has 0 unspecified atom stereocenters. The van der Waals surface area contributed by atoms with Crippen molar-refractivity contribution in [2.24, 2.45) is 0 Å². The lowest BCUT2D eigenvalue weighted by atomic mass is 9.82. The third-order valence-electron chi connectivity index (χ3n) is 13.3. The van der Waals surface area contributed by atoms with E-state index in [4.69, 9.17) is 0 Å². The molecular weight excluding hydrogens is 775 g/mol. The molecule has 11 aromatic rings. The summed E-state index contributed by atoms with van der Waals surface area (Å²) in [5.41, 5.74) is 17.5. The van der Waals surface area contributed by atoms with Gasteiger partial charge < -0.3 is 14.4 Å². The predicted octanol–water partition coefficient (Wildman–Crippen LogP) is 16.8. The molecule has 0 N–H and O–H groups in total. The van der Waals surface area contributed by atoms with Crippen molar-refractivity contribution in [3.63, 3.8) is 0 Å². The highest BCUT2D eigenvalue weighted by atomic mass is 15.2. The molecule has 12 rings (SSSR count). The number of fused-ring (bicyclic) bond motifs is 8. The molecule has 3 nitrogen and oxygen atoms in total. The second-order valence-electron chi connectivity index (χ2n) is 17.4. The maximum Gasteiger partial charge on any atom is 0.0583 e. The van der Waals surface area contributed by atoms with Crippen LogP contribution in [0.3, 0.4) is 0 Å². The number of rotatable bonds is 8. The number of hydrogen-bond donors (Lipinski definition) is 0. The number of hydrogen-bond acceptors (Lipinski definition) is 2. The van der Waals surface area contributed by atoms with Crippen molar-refractivity contribution in [3.8, 4) is 27.9 Å². The van der Waals surface area contributed by atoms with Crippen LogP contribution in [0.2, 0.25) is 0 Å². The molecule has 0 saturated heterocycles. The molecule has 0 fully saturated rings. The van der Waals surface area contributed by atoms with Gasteiger partial charge in [0.25, 0.3) is 0 Å². The SMILES string of the molecule is CC1(C)c2ccc(N(c3ccccc3)c3cc(N(c4ccccc4)c4ccccc4)cc4c3c3ccccc3n4-c3cccc(-c4ccccc4)c3)cc2-c2c1ccc1ccccc21. The van der Waals surface area contributed by atoms with Gasteiger partial charge in [-0.2, -0.15) is 0 Å². The Morgan fingerprint density at radius 2 is 0.953 bits per heavy atom. The highest BCUT2D eigenvalue weighted by Crippen LogP contribution is 2.54. The molecule has 0 aliphatic heterocycles. The molecule has 10 aromatic carbocycles. The van der Waals surface area contributed by atoms with E-state index < -0.39 is 0 Å². The van der Waals surface area contributed by atoms with Crippen molar-refractivity contribution >= 4 is 66.7 Å². The highest BCUT2D eigenvalue weighted by Gasteiger charge is 2.37. The van der Waals surface area contributed by atoms with Crippen LogP contribution in [0.25, 0.3) is 60.5 Å². The molecule has 0 bridgehead atoms. The first-order valence-electron chi connectivity index (χ1n) is 22.2. The fourth-order valence-electron chi connectivity index (χ4n) is 10.4. The van der Waals surface area contributed by atoms with Gasteiger partial charge in [0.2, 0.25) is 0 Å². The molecule has 1 aromatic heterocycles. The van der Waals surface area contributed by atoms with Gasteiger partial charge in [-0.05, 0) is 123 Å². The standard InChI is InChI=1S/C61H45N3/c1-61(2)54-37-35-49(39-53(54)59-51-31-16-15-22-43(51)34-36-55(59)61)63(47-28-13-6-14-29-47)57-40-50(62(45-24-9-4-10-25-45)46-26-11-5-12-27-46)41-58-60(57)52-32-17-18-33-56(52)64(58)48-30-19-23-44(38-48)42-20-7-3-8-21-42/h3-41H,1-2H3. The summed E-state index contributed by atoms with van der Waals surface area (Å²) in [6, 6.07) is 86.4. The first-order valence-corrected chi connectivity index (χ1v) is 22.2. The molecule has 3 heteroatoms. The summed E-state index contributed by atoms with van der Waals surface area (Å²) in [5, 5.41) is 4.92. The van der Waals surface area contributed by atoms with Crippen molar-refractivity contribution < 1.29 is 0 Å². The summed E-state index contributed by atoms with van der Waals surface area (Å²) >= 11 is 0. The molecule has 1 heterocycles. The summed E-state index contributed by atoms with van der Waals surface area (Å²) in [6.45, 7) is 4.75. The lowest BCUT2D eigenvalue weighted by Gasteiger charge is -2.31. The minimum Gasteiger partial charge on any atom is -0.310 e. The molecule has 1 aliphatic rings. The van der Waals surface area contributed by atoms with Gasteiger partial charge in [-0.3, -0.25) is 0 Å². The van der Waals surface area contributed by atoms with Crippen LogP contribution in [0.5, 0.6) is 0 Å². The van der Waals surface area contributed by atoms with Crippen LogP contribution in [0, 0.1) is 0 Å². The van der Waals surface area contributed by atoms with Gasteiger partial charge >= 0.3 is 0 Å². The molecule has 1 aliphatic carbocycles. The maximum atomic E-state index is 2.49. The fraction of sp³-hybridized carbons (Fsp3) is 0.0492. The Morgan fingerprint density at radius 3 is 1.66 bits per heavy atom. The number of aromatic nitrogens is 1. The van der Waals surface area contributed by atoms with E-state index in [1.807, 2.05) is 0 Å². The third-order valence-corrected chi connectivity index (χ3v) is 13.3. The fourth-order valence-corrected chi connectivity index (χ4v) is 10.4. The maximum absolute atomic E-state index is 2.49. The summed E-state index contributed by atoms with van der Waals surface area (Å²) in [7, 11) is 0. The first-order chi connectivity index (χ1) is 31.5. The number of anilines is 6. The summed E-state index contributed by atoms with van der Waals surface area (Å²) in [6.07, 6.45) is 0. The minimum atomic E-state index is -0.147. The molecule has 0 amide bonds. The zero-order chi connectivity index (χ0) is 42.8. The zero-order valence-electron chi connectivity index (χ0n) is 35.9. The van der Waals surface area contributed by atoms with Crippen LogP contribution in [0.1, 0.15) is 25.0 Å². The largest absolute Gasteiger partial charge is 0.310 e. The van der Waals surface area contributed by atoms with Crippen LogP contribution in [-0.2, 0) is 5.41 Å². The van der Waals surface area contributed by atoms with Gasteiger partial charge in [0.05, 0.1) is 22.4 Å². The summed E-state index contributed by atoms with van der Waals surface area (Å²) in [5.74, 6) is 0. The Morgan fingerprint density at radius 1 is 0.375 bits per heavy atom. The van der Waals surface area contributed by atoms with Gasteiger partial charge in [-0.1, -0.05) is 172 Å². The Balaban J connectivity index is 1.19. The molecular formula is C61H45N3. The van der Waals surface area contributed by atoms with Crippen molar-refractivity contribution in [1.82, 2.24) is 4.57 Å². The van der Waals surface area contributed by atoms with Crippen molar-refractivity contribution in [1.29, 1.82) is 0 Å². The Hall–Kier alpha value is -8.14. The average Bonchev–Trinajstić information content (AvgIpc) is 3.81. The molecule has 0 radical (unpaired) electrons. The van der Waals surface area contributed by atoms with E-state index in [9.17, 15) is 0 Å². The van der Waals surface area contributed by atoms with E-state index >= 15 is 0 Å². The van der Waals surface area contributed by atoms with Gasteiger partial charge in [0, 0.05) is 44.6 Å². The van der Waals surface area contributed by atoms with E-state index in [1.54, 1.807) is 0 Å². The van der Waals surface area contributed by atoms with Gasteiger partial charge in [-0.15, -0.1) is 0 Å². The summed E-state index contributed by atoms with van der Waals surface area (Å²) < 4.78 is 2.47. The highest BCUT2D eigenvalue weighted by molar-refractivity contribution is 6.18. The molecule has 304 valence electrons. The first kappa shape index (κ1) is 37.6. The number of para-hydroxylation sites is 4. The lowest BCUT2D eigenvalue weighted by Crippen LogP contribution is -2.16. The zero-order valence-corrected chi connectivity index (χ0v) is 35.9. The second kappa shape index (κ2) is 15.0. The normalized spacial score (nSPS) is 12.7. The average molecular weight is 820 g/mol. The van der Waals surface area contributed by atoms with Gasteiger partial charge in [0.1, 0.15) is 0 Å². The Kier molecular flexibility index (Phi) is 8.84. The van der Waals surface area contributed by atoms with Crippen LogP contribution >= 0.6 is 0 Å². The Bertz CT molecular complexity index is 3480. The van der Waals surface area contributed by atoms with Crippen molar-refractivity contribution in [2.75, 3.05) is 9.80 Å². The third kappa shape index (κ3) is 6.04. The number of nitrogens with zero attached hydrogens (tertiary/aromatic N) is 3. The second-order valence-corrected chi connectivity index (χ2v) is 17.4. The molecule has 0 atom stereocenters. The molecule has 0 spiro atoms. The smallest absolute Gasteiger partial charge is 0.0583 e. The van der Waals surface area contributed by atoms with Crippen LogP contribution in [0.15, 0.2) is 237 Å². The monoisotopic (exact) mass is 819 g/mol. The molecule has 64 heavy (non-hydrogen) atoms. The van der Waals surface area contributed by atoms with Crippen LogP contribution < -0.4 is 9.80 Å². The van der Waals surface area contributed by atoms with Crippen molar-refractivity contribution in [3.05, 3.63) is 248 Å². The Labute approximate surface area is 374 Å².